The highest BCUT2D eigenvalue weighted by Gasteiger charge is 2.11. The van der Waals surface area contributed by atoms with Crippen LogP contribution in [0.5, 0.6) is 17.2 Å². The summed E-state index contributed by atoms with van der Waals surface area (Å²) in [6, 6.07) is 9.45. The zero-order valence-corrected chi connectivity index (χ0v) is 13.5. The van der Waals surface area contributed by atoms with Gasteiger partial charge in [0, 0.05) is 24.3 Å². The fraction of sp³-hybridized carbons (Fsp3) is 0.188. The average Bonchev–Trinajstić information content (AvgIpc) is 2.61. The molecule has 0 aliphatic carbocycles. The molecule has 0 amide bonds. The molecule has 0 spiro atoms. The third-order valence-corrected chi connectivity index (χ3v) is 3.20. The fourth-order valence-electron chi connectivity index (χ4n) is 2.02. The first-order valence-corrected chi connectivity index (χ1v) is 6.92. The van der Waals surface area contributed by atoms with E-state index >= 15 is 0 Å². The Hall–Kier alpha value is -3.29. The van der Waals surface area contributed by atoms with E-state index in [1.165, 1.54) is 32.6 Å². The number of hydrogen-bond acceptors (Lipinski definition) is 7. The number of nitrogens with one attached hydrogen (secondary N) is 1. The molecule has 2 rings (SSSR count). The largest absolute Gasteiger partial charge is 0.496 e. The van der Waals surface area contributed by atoms with E-state index in [9.17, 15) is 10.1 Å². The second kappa shape index (κ2) is 7.82. The minimum Gasteiger partial charge on any atom is -0.496 e. The Morgan fingerprint density at radius 2 is 1.75 bits per heavy atom. The average molecular weight is 331 g/mol. The van der Waals surface area contributed by atoms with E-state index in [0.29, 0.717) is 28.5 Å². The lowest BCUT2D eigenvalue weighted by atomic mass is 10.2. The van der Waals surface area contributed by atoms with Gasteiger partial charge in [0.05, 0.1) is 43.7 Å². The highest BCUT2D eigenvalue weighted by Crippen LogP contribution is 2.32. The van der Waals surface area contributed by atoms with Crippen LogP contribution in [-0.2, 0) is 0 Å². The number of hydrazone groups is 1. The van der Waals surface area contributed by atoms with Gasteiger partial charge < -0.3 is 14.2 Å². The second-order valence-electron chi connectivity index (χ2n) is 4.62. The number of benzene rings is 2. The van der Waals surface area contributed by atoms with Crippen molar-refractivity contribution in [3.05, 3.63) is 52.1 Å². The van der Waals surface area contributed by atoms with E-state index in [1.54, 1.807) is 31.4 Å². The number of ether oxygens (including phenoxy) is 3. The van der Waals surface area contributed by atoms with E-state index < -0.39 is 4.92 Å². The Kier molecular flexibility index (Phi) is 5.56. The summed E-state index contributed by atoms with van der Waals surface area (Å²) in [6.07, 6.45) is 1.51. The number of non-ortho nitro benzene ring substituents is 1. The van der Waals surface area contributed by atoms with Crippen molar-refractivity contribution >= 4 is 17.6 Å². The lowest BCUT2D eigenvalue weighted by Gasteiger charge is -2.12. The van der Waals surface area contributed by atoms with Crippen LogP contribution < -0.4 is 19.6 Å². The predicted molar refractivity (Wildman–Crippen MR) is 90.4 cm³/mol. The molecule has 0 saturated carbocycles. The van der Waals surface area contributed by atoms with Gasteiger partial charge in [-0.25, -0.2) is 0 Å². The number of anilines is 1. The lowest BCUT2D eigenvalue weighted by Crippen LogP contribution is -1.99. The lowest BCUT2D eigenvalue weighted by molar-refractivity contribution is -0.384. The van der Waals surface area contributed by atoms with Crippen molar-refractivity contribution in [1.29, 1.82) is 0 Å². The van der Waals surface area contributed by atoms with Gasteiger partial charge in [-0.1, -0.05) is 6.07 Å². The number of rotatable bonds is 7. The number of nitrogens with zero attached hydrogens (tertiary/aromatic N) is 2. The molecule has 8 heteroatoms. The van der Waals surface area contributed by atoms with Crippen LogP contribution in [0.2, 0.25) is 0 Å². The first-order chi connectivity index (χ1) is 11.6. The molecular formula is C16H17N3O5. The molecule has 0 saturated heterocycles. The van der Waals surface area contributed by atoms with Gasteiger partial charge in [-0.2, -0.15) is 5.10 Å². The highest BCUT2D eigenvalue weighted by atomic mass is 16.6. The van der Waals surface area contributed by atoms with Crippen LogP contribution in [-0.4, -0.2) is 32.5 Å². The number of hydrogen-bond donors (Lipinski definition) is 1. The van der Waals surface area contributed by atoms with Crippen LogP contribution in [0.4, 0.5) is 11.4 Å². The SMILES string of the molecule is COc1cc(OC)c(C=NNc2cccc([N+](=O)[O-])c2)c(OC)c1. The van der Waals surface area contributed by atoms with E-state index in [4.69, 9.17) is 14.2 Å². The molecule has 0 fully saturated rings. The van der Waals surface area contributed by atoms with Crippen LogP contribution in [0.3, 0.4) is 0 Å². The summed E-state index contributed by atoms with van der Waals surface area (Å²) in [4.78, 5) is 10.3. The summed E-state index contributed by atoms with van der Waals surface area (Å²) in [7, 11) is 4.60. The zero-order valence-electron chi connectivity index (χ0n) is 13.5. The third-order valence-electron chi connectivity index (χ3n) is 3.20. The molecule has 0 aliphatic rings. The molecule has 0 aromatic heterocycles. The summed E-state index contributed by atoms with van der Waals surface area (Å²) in [6.45, 7) is 0. The maximum absolute atomic E-state index is 10.8. The molecule has 0 heterocycles. The van der Waals surface area contributed by atoms with E-state index in [1.807, 2.05) is 0 Å². The smallest absolute Gasteiger partial charge is 0.271 e. The van der Waals surface area contributed by atoms with Gasteiger partial charge in [-0.15, -0.1) is 0 Å². The molecule has 0 aliphatic heterocycles. The van der Waals surface area contributed by atoms with Crippen molar-refractivity contribution < 1.29 is 19.1 Å². The van der Waals surface area contributed by atoms with Crippen molar-refractivity contribution in [1.82, 2.24) is 0 Å². The predicted octanol–water partition coefficient (Wildman–Crippen LogP) is 3.07. The van der Waals surface area contributed by atoms with Crippen molar-refractivity contribution in [2.75, 3.05) is 26.8 Å². The zero-order chi connectivity index (χ0) is 17.5. The van der Waals surface area contributed by atoms with Crippen LogP contribution in [0.1, 0.15) is 5.56 Å². The van der Waals surface area contributed by atoms with Crippen LogP contribution in [0, 0.1) is 10.1 Å². The molecule has 8 nitrogen and oxygen atoms in total. The minimum atomic E-state index is -0.468. The van der Waals surface area contributed by atoms with Crippen LogP contribution in [0.25, 0.3) is 0 Å². The summed E-state index contributed by atoms with van der Waals surface area (Å²) < 4.78 is 15.8. The summed E-state index contributed by atoms with van der Waals surface area (Å²) >= 11 is 0. The van der Waals surface area contributed by atoms with E-state index in [2.05, 4.69) is 10.5 Å². The Morgan fingerprint density at radius 1 is 1.08 bits per heavy atom. The van der Waals surface area contributed by atoms with Gasteiger partial charge in [0.1, 0.15) is 17.2 Å². The van der Waals surface area contributed by atoms with Crippen LogP contribution >= 0.6 is 0 Å². The Labute approximate surface area is 138 Å². The van der Waals surface area contributed by atoms with Gasteiger partial charge >= 0.3 is 0 Å². The fourth-order valence-corrected chi connectivity index (χ4v) is 2.02. The molecule has 1 N–H and O–H groups in total. The first kappa shape index (κ1) is 17.1. The molecule has 0 atom stereocenters. The van der Waals surface area contributed by atoms with Gasteiger partial charge in [0.15, 0.2) is 0 Å². The number of methoxy groups -OCH3 is 3. The maximum Gasteiger partial charge on any atom is 0.271 e. The molecule has 24 heavy (non-hydrogen) atoms. The molecule has 2 aromatic carbocycles. The summed E-state index contributed by atoms with van der Waals surface area (Å²) in [5.41, 5.74) is 3.83. The molecular weight excluding hydrogens is 314 g/mol. The Balaban J connectivity index is 2.25. The van der Waals surface area contributed by atoms with Gasteiger partial charge in [0.2, 0.25) is 0 Å². The third kappa shape index (κ3) is 3.92. The second-order valence-corrected chi connectivity index (χ2v) is 4.62. The van der Waals surface area contributed by atoms with E-state index in [0.717, 1.165) is 0 Å². The minimum absolute atomic E-state index is 0.0187. The van der Waals surface area contributed by atoms with Crippen molar-refractivity contribution in [2.45, 2.75) is 0 Å². The Bertz CT molecular complexity index is 736. The molecule has 0 unspecified atom stereocenters. The highest BCUT2D eigenvalue weighted by molar-refractivity contribution is 5.88. The monoisotopic (exact) mass is 331 g/mol. The van der Waals surface area contributed by atoms with Crippen molar-refractivity contribution in [3.63, 3.8) is 0 Å². The van der Waals surface area contributed by atoms with Gasteiger partial charge in [-0.05, 0) is 6.07 Å². The van der Waals surface area contributed by atoms with Crippen molar-refractivity contribution in [2.24, 2.45) is 5.10 Å². The molecule has 0 radical (unpaired) electrons. The van der Waals surface area contributed by atoms with Crippen molar-refractivity contribution in [3.8, 4) is 17.2 Å². The van der Waals surface area contributed by atoms with Crippen LogP contribution in [0.15, 0.2) is 41.5 Å². The van der Waals surface area contributed by atoms with Gasteiger partial charge in [-0.3, -0.25) is 15.5 Å². The maximum atomic E-state index is 10.8. The quantitative estimate of drug-likeness (QED) is 0.476. The summed E-state index contributed by atoms with van der Waals surface area (Å²) in [5, 5.41) is 14.9. The summed E-state index contributed by atoms with van der Waals surface area (Å²) in [5.74, 6) is 1.64. The molecule has 126 valence electrons. The van der Waals surface area contributed by atoms with E-state index in [-0.39, 0.29) is 5.69 Å². The first-order valence-electron chi connectivity index (χ1n) is 6.92. The Morgan fingerprint density at radius 3 is 2.29 bits per heavy atom. The molecule has 2 aromatic rings. The number of nitro benzene ring substituents is 1. The topological polar surface area (TPSA) is 95.2 Å². The standard InChI is InChI=1S/C16H17N3O5/c1-22-13-8-15(23-2)14(16(9-13)24-3)10-17-18-11-5-4-6-12(7-11)19(20)21/h4-10,18H,1-3H3. The normalized spacial score (nSPS) is 10.5. The number of nitro groups is 1. The van der Waals surface area contributed by atoms with Gasteiger partial charge in [0.25, 0.3) is 5.69 Å². The molecule has 0 bridgehead atoms.